The van der Waals surface area contributed by atoms with E-state index >= 15 is 0 Å². The second kappa shape index (κ2) is 66.1. The summed E-state index contributed by atoms with van der Waals surface area (Å²) in [5.41, 5.74) is 0. The van der Waals surface area contributed by atoms with Crippen molar-refractivity contribution in [1.29, 1.82) is 0 Å². The predicted octanol–water partition coefficient (Wildman–Crippen LogP) is 22.5. The molecule has 0 fully saturated rings. The quantitative estimate of drug-likeness (QED) is 0.0261. The molecule has 0 amide bonds. The molecule has 0 aromatic carbocycles. The SMILES string of the molecule is CC/C=C\C/C=C\C/C=C\C/C=C\C/C=C\C/C=C\C/C=C\C/C=C\CCCCCCC(=O)OCC(COC(=O)CCCCCCC/C=C\CCCCCC)OC(=O)CCCCCCCCCCC/C=C\C/C=C\CCCCC. The van der Waals surface area contributed by atoms with Gasteiger partial charge in [0.2, 0.25) is 0 Å². The van der Waals surface area contributed by atoms with Crippen LogP contribution in [0.15, 0.2) is 134 Å². The van der Waals surface area contributed by atoms with Crippen LogP contribution in [-0.4, -0.2) is 37.2 Å². The number of carbonyl (C=O) groups is 3. The van der Waals surface area contributed by atoms with Crippen LogP contribution in [0.25, 0.3) is 0 Å². The molecular formula is C73H120O6. The topological polar surface area (TPSA) is 78.9 Å². The maximum atomic E-state index is 12.9. The number of carbonyl (C=O) groups excluding carboxylic acids is 3. The Hall–Kier alpha value is -4.45. The Morgan fingerprint density at radius 3 is 0.810 bits per heavy atom. The average Bonchev–Trinajstić information content (AvgIpc) is 3.45. The third-order valence-electron chi connectivity index (χ3n) is 13.6. The maximum Gasteiger partial charge on any atom is 0.306 e. The van der Waals surface area contributed by atoms with Crippen LogP contribution in [0.3, 0.4) is 0 Å². The Labute approximate surface area is 487 Å². The zero-order valence-corrected chi connectivity index (χ0v) is 51.3. The van der Waals surface area contributed by atoms with Gasteiger partial charge in [-0.3, -0.25) is 14.4 Å². The highest BCUT2D eigenvalue weighted by Gasteiger charge is 2.19. The predicted molar refractivity (Wildman–Crippen MR) is 343 cm³/mol. The van der Waals surface area contributed by atoms with Crippen molar-refractivity contribution in [2.75, 3.05) is 13.2 Å². The minimum absolute atomic E-state index is 0.0950. The summed E-state index contributed by atoms with van der Waals surface area (Å²) in [5.74, 6) is -0.930. The zero-order chi connectivity index (χ0) is 57.1. The molecule has 0 rings (SSSR count). The fourth-order valence-electron chi connectivity index (χ4n) is 8.72. The summed E-state index contributed by atoms with van der Waals surface area (Å²) in [6, 6.07) is 0. The Bertz CT molecular complexity index is 1680. The number of allylic oxidation sites excluding steroid dienone is 22. The highest BCUT2D eigenvalue weighted by molar-refractivity contribution is 5.71. The van der Waals surface area contributed by atoms with Gasteiger partial charge in [0.1, 0.15) is 13.2 Å². The Balaban J connectivity index is 4.40. The van der Waals surface area contributed by atoms with Crippen molar-refractivity contribution in [3.8, 4) is 0 Å². The molecule has 0 saturated heterocycles. The molecule has 0 spiro atoms. The van der Waals surface area contributed by atoms with Crippen molar-refractivity contribution >= 4 is 17.9 Å². The van der Waals surface area contributed by atoms with Crippen molar-refractivity contribution in [1.82, 2.24) is 0 Å². The first kappa shape index (κ1) is 74.5. The minimum Gasteiger partial charge on any atom is -0.462 e. The van der Waals surface area contributed by atoms with Crippen LogP contribution in [0.1, 0.15) is 290 Å². The number of hydrogen-bond donors (Lipinski definition) is 0. The molecule has 0 aromatic rings. The minimum atomic E-state index is -0.800. The maximum absolute atomic E-state index is 12.9. The first-order chi connectivity index (χ1) is 39.0. The standard InChI is InChI=1S/C73H120O6/c1-4-7-10-13-16-19-22-25-27-29-31-32-33-34-35-36-37-38-39-40-42-43-45-48-51-54-57-60-63-66-72(75)78-69-70(68-77-71(74)65-62-59-56-53-50-47-24-21-18-15-12-9-6-3)79-73(76)67-64-61-58-55-52-49-46-44-41-30-28-26-23-20-17-14-11-8-5-2/h7,10,16-17,19-21,24-28,31-32,34-35,37-38,40,42,45,48,70H,4-6,8-9,11-15,18,22-23,29-30,33,36,39,41,43-44,46-47,49-69H2,1-3H3/b10-7-,19-16-,20-17-,24-21-,27-25-,28-26-,32-31-,35-34-,38-37-,42-40-,48-45-. The molecule has 0 aromatic heterocycles. The van der Waals surface area contributed by atoms with Crippen LogP contribution in [0.4, 0.5) is 0 Å². The van der Waals surface area contributed by atoms with E-state index in [1.807, 2.05) is 0 Å². The molecule has 0 aliphatic carbocycles. The second-order valence-corrected chi connectivity index (χ2v) is 21.3. The molecule has 0 radical (unpaired) electrons. The Morgan fingerprint density at radius 2 is 0.494 bits per heavy atom. The molecule has 0 heterocycles. The monoisotopic (exact) mass is 1090 g/mol. The molecule has 0 aliphatic heterocycles. The van der Waals surface area contributed by atoms with E-state index in [-0.39, 0.29) is 31.1 Å². The highest BCUT2D eigenvalue weighted by Crippen LogP contribution is 2.15. The van der Waals surface area contributed by atoms with Gasteiger partial charge in [0.15, 0.2) is 6.10 Å². The van der Waals surface area contributed by atoms with E-state index in [9.17, 15) is 14.4 Å². The van der Waals surface area contributed by atoms with Crippen LogP contribution < -0.4 is 0 Å². The third kappa shape index (κ3) is 64.3. The van der Waals surface area contributed by atoms with Crippen LogP contribution >= 0.6 is 0 Å². The molecule has 0 N–H and O–H groups in total. The molecule has 79 heavy (non-hydrogen) atoms. The fourth-order valence-corrected chi connectivity index (χ4v) is 8.72. The van der Waals surface area contributed by atoms with Crippen LogP contribution in [0.5, 0.6) is 0 Å². The Kier molecular flexibility index (Phi) is 62.3. The van der Waals surface area contributed by atoms with Gasteiger partial charge in [-0.25, -0.2) is 0 Å². The lowest BCUT2D eigenvalue weighted by Gasteiger charge is -2.18. The van der Waals surface area contributed by atoms with E-state index in [1.54, 1.807) is 0 Å². The van der Waals surface area contributed by atoms with Crippen molar-refractivity contribution < 1.29 is 28.6 Å². The van der Waals surface area contributed by atoms with Crippen molar-refractivity contribution in [3.05, 3.63) is 134 Å². The van der Waals surface area contributed by atoms with E-state index in [4.69, 9.17) is 14.2 Å². The fraction of sp³-hybridized carbons (Fsp3) is 0.658. The summed E-state index contributed by atoms with van der Waals surface area (Å²) in [6.45, 7) is 6.46. The summed E-state index contributed by atoms with van der Waals surface area (Å²) in [6.07, 6.45) is 93.1. The summed E-state index contributed by atoms with van der Waals surface area (Å²) >= 11 is 0. The van der Waals surface area contributed by atoms with E-state index < -0.39 is 6.10 Å². The molecule has 0 aliphatic rings. The van der Waals surface area contributed by atoms with Crippen molar-refractivity contribution in [2.24, 2.45) is 0 Å². The van der Waals surface area contributed by atoms with E-state index in [2.05, 4.69) is 154 Å². The van der Waals surface area contributed by atoms with Gasteiger partial charge < -0.3 is 14.2 Å². The molecule has 0 bridgehead atoms. The largest absolute Gasteiger partial charge is 0.462 e. The first-order valence-electron chi connectivity index (χ1n) is 32.7. The average molecular weight is 1090 g/mol. The number of unbranched alkanes of at least 4 members (excludes halogenated alkanes) is 25. The number of rotatable bonds is 58. The molecule has 6 heteroatoms. The van der Waals surface area contributed by atoms with Crippen LogP contribution in [0, 0.1) is 0 Å². The summed E-state index contributed by atoms with van der Waals surface area (Å²) < 4.78 is 16.9. The summed E-state index contributed by atoms with van der Waals surface area (Å²) in [5, 5.41) is 0. The van der Waals surface area contributed by atoms with E-state index in [0.29, 0.717) is 19.3 Å². The lowest BCUT2D eigenvalue weighted by atomic mass is 10.1. The van der Waals surface area contributed by atoms with Gasteiger partial charge in [0.05, 0.1) is 0 Å². The van der Waals surface area contributed by atoms with Gasteiger partial charge in [0, 0.05) is 19.3 Å². The molecule has 6 nitrogen and oxygen atoms in total. The van der Waals surface area contributed by atoms with Gasteiger partial charge in [-0.1, -0.05) is 264 Å². The van der Waals surface area contributed by atoms with Crippen LogP contribution in [-0.2, 0) is 28.6 Å². The third-order valence-corrected chi connectivity index (χ3v) is 13.6. The zero-order valence-electron chi connectivity index (χ0n) is 51.3. The van der Waals surface area contributed by atoms with Gasteiger partial charge in [0.25, 0.3) is 0 Å². The number of esters is 3. The number of hydrogen-bond acceptors (Lipinski definition) is 6. The number of ether oxygens (including phenoxy) is 3. The van der Waals surface area contributed by atoms with E-state index in [0.717, 1.165) is 141 Å². The van der Waals surface area contributed by atoms with Crippen LogP contribution in [0.2, 0.25) is 0 Å². The Morgan fingerprint density at radius 1 is 0.266 bits per heavy atom. The second-order valence-electron chi connectivity index (χ2n) is 21.3. The van der Waals surface area contributed by atoms with E-state index in [1.165, 1.54) is 109 Å². The normalized spacial score (nSPS) is 13.0. The van der Waals surface area contributed by atoms with Gasteiger partial charge in [-0.15, -0.1) is 0 Å². The van der Waals surface area contributed by atoms with Crippen molar-refractivity contribution in [3.63, 3.8) is 0 Å². The van der Waals surface area contributed by atoms with Gasteiger partial charge in [-0.05, 0) is 141 Å². The highest BCUT2D eigenvalue weighted by atomic mass is 16.6. The molecular weight excluding hydrogens is 973 g/mol. The smallest absolute Gasteiger partial charge is 0.306 e. The van der Waals surface area contributed by atoms with Crippen molar-refractivity contribution in [2.45, 2.75) is 297 Å². The summed E-state index contributed by atoms with van der Waals surface area (Å²) in [7, 11) is 0. The molecule has 0 saturated carbocycles. The molecule has 448 valence electrons. The molecule has 1 atom stereocenters. The first-order valence-corrected chi connectivity index (χ1v) is 32.7. The van der Waals surface area contributed by atoms with Gasteiger partial charge >= 0.3 is 17.9 Å². The lowest BCUT2D eigenvalue weighted by Crippen LogP contribution is -2.30. The lowest BCUT2D eigenvalue weighted by molar-refractivity contribution is -0.167. The molecule has 1 unspecified atom stereocenters. The van der Waals surface area contributed by atoms with Gasteiger partial charge in [-0.2, -0.15) is 0 Å². The summed E-state index contributed by atoms with van der Waals surface area (Å²) in [4.78, 5) is 38.3.